The molecule has 104 valence electrons. The van der Waals surface area contributed by atoms with Crippen molar-refractivity contribution in [2.75, 3.05) is 13.1 Å². The van der Waals surface area contributed by atoms with Gasteiger partial charge in [-0.3, -0.25) is 4.79 Å². The standard InChI is InChI=1S/C14H18F2N2O/c1-8-6-17-7-12(8)14(19)18-9(2)11-5-10(15)3-4-13(11)16/h3-5,8-9,12,17H,6-7H2,1-2H3,(H,18,19)/t8-,9?,12-/m1/s1. The molecule has 0 bridgehead atoms. The highest BCUT2D eigenvalue weighted by Crippen LogP contribution is 2.21. The molecule has 1 aliphatic rings. The van der Waals surface area contributed by atoms with E-state index < -0.39 is 17.7 Å². The third-order valence-corrected chi connectivity index (χ3v) is 3.64. The van der Waals surface area contributed by atoms with Gasteiger partial charge in [-0.1, -0.05) is 6.92 Å². The molecule has 3 atom stereocenters. The maximum Gasteiger partial charge on any atom is 0.225 e. The zero-order chi connectivity index (χ0) is 14.0. The van der Waals surface area contributed by atoms with E-state index in [9.17, 15) is 13.6 Å². The first-order valence-electron chi connectivity index (χ1n) is 6.45. The van der Waals surface area contributed by atoms with Crippen molar-refractivity contribution in [2.24, 2.45) is 11.8 Å². The van der Waals surface area contributed by atoms with Crippen LogP contribution in [0.4, 0.5) is 8.78 Å². The van der Waals surface area contributed by atoms with Gasteiger partial charge in [-0.25, -0.2) is 8.78 Å². The van der Waals surface area contributed by atoms with Crippen LogP contribution in [0.1, 0.15) is 25.5 Å². The van der Waals surface area contributed by atoms with Crippen LogP contribution in [0.15, 0.2) is 18.2 Å². The molecule has 0 aromatic heterocycles. The second kappa shape index (κ2) is 5.65. The number of carbonyl (C=O) groups is 1. The van der Waals surface area contributed by atoms with Crippen LogP contribution in [0.25, 0.3) is 0 Å². The lowest BCUT2D eigenvalue weighted by atomic mass is 9.96. The van der Waals surface area contributed by atoms with Crippen LogP contribution in [0, 0.1) is 23.5 Å². The van der Waals surface area contributed by atoms with Gasteiger partial charge in [0.05, 0.1) is 12.0 Å². The molecule has 1 aromatic carbocycles. The molecule has 1 saturated heterocycles. The van der Waals surface area contributed by atoms with Crippen molar-refractivity contribution in [3.05, 3.63) is 35.4 Å². The second-order valence-corrected chi connectivity index (χ2v) is 5.14. The quantitative estimate of drug-likeness (QED) is 0.880. The Hall–Kier alpha value is -1.49. The van der Waals surface area contributed by atoms with E-state index in [4.69, 9.17) is 0 Å². The SMILES string of the molecule is CC(NC(=O)[C@@H]1CNC[C@H]1C)c1cc(F)ccc1F. The summed E-state index contributed by atoms with van der Waals surface area (Å²) in [5, 5.41) is 5.89. The molecule has 0 aliphatic carbocycles. The van der Waals surface area contributed by atoms with Gasteiger partial charge < -0.3 is 10.6 Å². The predicted molar refractivity (Wildman–Crippen MR) is 68.4 cm³/mol. The van der Waals surface area contributed by atoms with E-state index in [0.717, 1.165) is 24.7 Å². The molecule has 3 nitrogen and oxygen atoms in total. The molecule has 5 heteroatoms. The highest BCUT2D eigenvalue weighted by atomic mass is 19.1. The fourth-order valence-electron chi connectivity index (χ4n) is 2.41. The first-order valence-corrected chi connectivity index (χ1v) is 6.45. The number of benzene rings is 1. The summed E-state index contributed by atoms with van der Waals surface area (Å²) in [4.78, 5) is 12.1. The van der Waals surface area contributed by atoms with Gasteiger partial charge in [0.2, 0.25) is 5.91 Å². The minimum absolute atomic E-state index is 0.112. The van der Waals surface area contributed by atoms with Gasteiger partial charge in [0.1, 0.15) is 11.6 Å². The Morgan fingerprint density at radius 1 is 1.42 bits per heavy atom. The summed E-state index contributed by atoms with van der Waals surface area (Å²) < 4.78 is 26.7. The zero-order valence-electron chi connectivity index (χ0n) is 11.0. The van der Waals surface area contributed by atoms with Gasteiger partial charge in [0, 0.05) is 12.1 Å². The average molecular weight is 268 g/mol. The van der Waals surface area contributed by atoms with Gasteiger partial charge in [0.15, 0.2) is 0 Å². The van der Waals surface area contributed by atoms with Crippen LogP contribution in [-0.4, -0.2) is 19.0 Å². The van der Waals surface area contributed by atoms with Crippen LogP contribution in [0.2, 0.25) is 0 Å². The van der Waals surface area contributed by atoms with Crippen LogP contribution in [0.3, 0.4) is 0 Å². The lowest BCUT2D eigenvalue weighted by molar-refractivity contribution is -0.126. The van der Waals surface area contributed by atoms with Crippen molar-refractivity contribution in [3.63, 3.8) is 0 Å². The molecule has 1 aliphatic heterocycles. The van der Waals surface area contributed by atoms with Gasteiger partial charge in [-0.05, 0) is 37.6 Å². The van der Waals surface area contributed by atoms with Crippen LogP contribution in [0.5, 0.6) is 0 Å². The highest BCUT2D eigenvalue weighted by molar-refractivity contribution is 5.80. The van der Waals surface area contributed by atoms with Crippen molar-refractivity contribution in [1.82, 2.24) is 10.6 Å². The van der Waals surface area contributed by atoms with Crippen molar-refractivity contribution in [3.8, 4) is 0 Å². The summed E-state index contributed by atoms with van der Waals surface area (Å²) in [6, 6.07) is 2.72. The van der Waals surface area contributed by atoms with Crippen LogP contribution in [-0.2, 0) is 4.79 Å². The molecule has 1 aromatic rings. The van der Waals surface area contributed by atoms with Gasteiger partial charge in [0.25, 0.3) is 0 Å². The van der Waals surface area contributed by atoms with E-state index in [0.29, 0.717) is 6.54 Å². The highest BCUT2D eigenvalue weighted by Gasteiger charge is 2.30. The van der Waals surface area contributed by atoms with Crippen LogP contribution >= 0.6 is 0 Å². The van der Waals surface area contributed by atoms with Crippen molar-refractivity contribution < 1.29 is 13.6 Å². The molecule has 2 N–H and O–H groups in total. The molecule has 0 spiro atoms. The largest absolute Gasteiger partial charge is 0.349 e. The van der Waals surface area contributed by atoms with Crippen molar-refractivity contribution in [2.45, 2.75) is 19.9 Å². The molecular formula is C14H18F2N2O. The predicted octanol–water partition coefficient (Wildman–Crippen LogP) is 2.00. The molecule has 1 unspecified atom stereocenters. The van der Waals surface area contributed by atoms with E-state index in [2.05, 4.69) is 10.6 Å². The third-order valence-electron chi connectivity index (χ3n) is 3.64. The average Bonchev–Trinajstić information content (AvgIpc) is 2.78. The Morgan fingerprint density at radius 3 is 2.79 bits per heavy atom. The van der Waals surface area contributed by atoms with Gasteiger partial charge in [-0.15, -0.1) is 0 Å². The summed E-state index contributed by atoms with van der Waals surface area (Å²) in [7, 11) is 0. The van der Waals surface area contributed by atoms with E-state index in [1.807, 2.05) is 6.92 Å². The van der Waals surface area contributed by atoms with E-state index in [1.165, 1.54) is 0 Å². The molecular weight excluding hydrogens is 250 g/mol. The first kappa shape index (κ1) is 13.9. The van der Waals surface area contributed by atoms with E-state index in [-0.39, 0.29) is 23.3 Å². The molecule has 1 fully saturated rings. The molecule has 19 heavy (non-hydrogen) atoms. The minimum Gasteiger partial charge on any atom is -0.349 e. The lowest BCUT2D eigenvalue weighted by Gasteiger charge is -2.19. The Labute approximate surface area is 111 Å². The Morgan fingerprint density at radius 2 is 2.16 bits per heavy atom. The first-order chi connectivity index (χ1) is 8.99. The molecule has 1 amide bonds. The van der Waals surface area contributed by atoms with Gasteiger partial charge in [-0.2, -0.15) is 0 Å². The minimum atomic E-state index is -0.545. The van der Waals surface area contributed by atoms with Crippen LogP contribution < -0.4 is 10.6 Å². The number of hydrogen-bond acceptors (Lipinski definition) is 2. The smallest absolute Gasteiger partial charge is 0.225 e. The maximum atomic E-state index is 13.6. The lowest BCUT2D eigenvalue weighted by Crippen LogP contribution is -2.36. The molecule has 2 rings (SSSR count). The fourth-order valence-corrected chi connectivity index (χ4v) is 2.41. The number of halogens is 2. The molecule has 1 heterocycles. The second-order valence-electron chi connectivity index (χ2n) is 5.14. The summed E-state index contributed by atoms with van der Waals surface area (Å²) >= 11 is 0. The Bertz CT molecular complexity index is 479. The number of amides is 1. The maximum absolute atomic E-state index is 13.6. The third kappa shape index (κ3) is 3.10. The Kier molecular flexibility index (Phi) is 4.14. The van der Waals surface area contributed by atoms with Crippen molar-refractivity contribution in [1.29, 1.82) is 0 Å². The summed E-state index contributed by atoms with van der Waals surface area (Å²) in [5.74, 6) is -0.988. The molecule has 0 saturated carbocycles. The summed E-state index contributed by atoms with van der Waals surface area (Å²) in [6.45, 7) is 5.09. The fraction of sp³-hybridized carbons (Fsp3) is 0.500. The summed E-state index contributed by atoms with van der Waals surface area (Å²) in [5.41, 5.74) is 0.173. The summed E-state index contributed by atoms with van der Waals surface area (Å²) in [6.07, 6.45) is 0. The number of nitrogens with one attached hydrogen (secondary N) is 2. The zero-order valence-corrected chi connectivity index (χ0v) is 11.0. The number of hydrogen-bond donors (Lipinski definition) is 2. The number of carbonyl (C=O) groups excluding carboxylic acids is 1. The van der Waals surface area contributed by atoms with Gasteiger partial charge >= 0.3 is 0 Å². The Balaban J connectivity index is 2.06. The molecule has 0 radical (unpaired) electrons. The van der Waals surface area contributed by atoms with E-state index >= 15 is 0 Å². The topological polar surface area (TPSA) is 41.1 Å². The monoisotopic (exact) mass is 268 g/mol. The van der Waals surface area contributed by atoms with E-state index in [1.54, 1.807) is 6.92 Å². The van der Waals surface area contributed by atoms with Crippen molar-refractivity contribution >= 4 is 5.91 Å². The number of rotatable bonds is 3. The normalized spacial score (nSPS) is 24.2.